The Morgan fingerprint density at radius 2 is 1.63 bits per heavy atom. The Balaban J connectivity index is 1.60. The topological polar surface area (TPSA) is 65.0 Å². The summed E-state index contributed by atoms with van der Waals surface area (Å²) in [5.74, 6) is 0.0694. The second-order valence-electron chi connectivity index (χ2n) is 9.48. The van der Waals surface area contributed by atoms with Crippen molar-refractivity contribution in [2.75, 3.05) is 6.54 Å². The monoisotopic (exact) mass is 526 g/mol. The lowest BCUT2D eigenvalue weighted by atomic mass is 9.67. The number of fused-ring (bicyclic) bond motifs is 2. The number of urea groups is 1. The molecule has 3 amide bonds. The summed E-state index contributed by atoms with van der Waals surface area (Å²) >= 11 is 19.1. The van der Waals surface area contributed by atoms with Crippen molar-refractivity contribution in [2.45, 2.75) is 25.9 Å². The predicted octanol–water partition coefficient (Wildman–Crippen LogP) is 5.72. The molecule has 6 rings (SSSR count). The molecule has 0 aromatic heterocycles. The SMILES string of the molecule is CC1C(Cl)=CC2(C)C3=C1NC(=O)CN3C(=O)N1C(c3ccc(Cl)cc3)=NC(c3ccc(Cl)cc3)C12. The maximum absolute atomic E-state index is 14.1. The lowest BCUT2D eigenvalue weighted by molar-refractivity contribution is -0.122. The molecule has 6 nitrogen and oxygen atoms in total. The van der Waals surface area contributed by atoms with Gasteiger partial charge in [0.05, 0.1) is 23.2 Å². The van der Waals surface area contributed by atoms with Crippen LogP contribution >= 0.6 is 34.8 Å². The summed E-state index contributed by atoms with van der Waals surface area (Å²) in [5.41, 5.74) is 2.45. The first-order valence-corrected chi connectivity index (χ1v) is 12.4. The number of hydrogen-bond acceptors (Lipinski definition) is 3. The molecular weight excluding hydrogens is 507 g/mol. The van der Waals surface area contributed by atoms with Crippen molar-refractivity contribution in [2.24, 2.45) is 16.3 Å². The van der Waals surface area contributed by atoms with Crippen molar-refractivity contribution in [3.63, 3.8) is 0 Å². The van der Waals surface area contributed by atoms with Crippen LogP contribution in [0.25, 0.3) is 0 Å². The number of hydrogen-bond donors (Lipinski definition) is 1. The zero-order valence-corrected chi connectivity index (χ0v) is 21.2. The summed E-state index contributed by atoms with van der Waals surface area (Å²) in [7, 11) is 0. The second kappa shape index (κ2) is 7.85. The van der Waals surface area contributed by atoms with Crippen molar-refractivity contribution < 1.29 is 9.59 Å². The number of nitrogens with one attached hydrogen (secondary N) is 1. The number of carbonyl (C=O) groups excluding carboxylic acids is 2. The smallest absolute Gasteiger partial charge is 0.326 e. The van der Waals surface area contributed by atoms with Crippen LogP contribution in [0.5, 0.6) is 0 Å². The Kier molecular flexibility index (Phi) is 5.08. The lowest BCUT2D eigenvalue weighted by Crippen LogP contribution is -2.66. The van der Waals surface area contributed by atoms with Crippen molar-refractivity contribution >= 4 is 52.6 Å². The minimum absolute atomic E-state index is 0.0613. The summed E-state index contributed by atoms with van der Waals surface area (Å²) in [6.45, 7) is 3.94. The standard InChI is InChI=1S/C26H21Cl3N4O2/c1-13-18(29)11-26(2)22-20(13)30-19(34)12-32(22)25(35)33-23(26)21(14-3-7-16(27)8-4-14)31-24(33)15-5-9-17(28)10-6-15/h3-11,13,21,23H,12H2,1-2H3,(H,30,34). The average Bonchev–Trinajstić information content (AvgIpc) is 3.23. The van der Waals surface area contributed by atoms with Crippen molar-refractivity contribution in [3.05, 3.63) is 92.2 Å². The average molecular weight is 528 g/mol. The van der Waals surface area contributed by atoms with Crippen LogP contribution in [0.2, 0.25) is 10.0 Å². The van der Waals surface area contributed by atoms with Gasteiger partial charge in [-0.05, 0) is 48.9 Å². The van der Waals surface area contributed by atoms with Gasteiger partial charge >= 0.3 is 6.03 Å². The number of amides is 3. The minimum atomic E-state index is -0.706. The first kappa shape index (κ1) is 22.7. The highest BCUT2D eigenvalue weighted by Crippen LogP contribution is 2.56. The van der Waals surface area contributed by atoms with E-state index in [1.54, 1.807) is 21.9 Å². The molecule has 178 valence electrons. The first-order chi connectivity index (χ1) is 16.7. The third-order valence-corrected chi connectivity index (χ3v) is 8.27. The van der Waals surface area contributed by atoms with Crippen molar-refractivity contribution in [1.29, 1.82) is 0 Å². The molecule has 9 heteroatoms. The highest BCUT2D eigenvalue weighted by molar-refractivity contribution is 6.31. The first-order valence-electron chi connectivity index (χ1n) is 11.3. The van der Waals surface area contributed by atoms with Gasteiger partial charge in [0, 0.05) is 32.3 Å². The molecule has 1 aliphatic carbocycles. The number of rotatable bonds is 2. The van der Waals surface area contributed by atoms with Crippen LogP contribution in [0.4, 0.5) is 4.79 Å². The Hall–Kier alpha value is -2.80. The summed E-state index contributed by atoms with van der Waals surface area (Å²) in [5, 5.41) is 4.83. The molecule has 0 saturated carbocycles. The molecule has 2 aromatic rings. The third kappa shape index (κ3) is 3.27. The highest BCUT2D eigenvalue weighted by atomic mass is 35.5. The molecule has 1 fully saturated rings. The van der Waals surface area contributed by atoms with Crippen LogP contribution in [0.3, 0.4) is 0 Å². The van der Waals surface area contributed by atoms with E-state index < -0.39 is 11.5 Å². The van der Waals surface area contributed by atoms with E-state index >= 15 is 0 Å². The summed E-state index contributed by atoms with van der Waals surface area (Å²) in [6.07, 6.45) is 2.02. The van der Waals surface area contributed by atoms with Crippen LogP contribution in [-0.4, -0.2) is 40.2 Å². The van der Waals surface area contributed by atoms with E-state index in [-0.39, 0.29) is 30.4 Å². The Morgan fingerprint density at radius 3 is 2.29 bits per heavy atom. The van der Waals surface area contributed by atoms with E-state index in [2.05, 4.69) is 12.2 Å². The van der Waals surface area contributed by atoms with Crippen LogP contribution in [0, 0.1) is 11.3 Å². The third-order valence-electron chi connectivity index (χ3n) is 7.33. The van der Waals surface area contributed by atoms with Gasteiger partial charge in [0.2, 0.25) is 5.91 Å². The van der Waals surface area contributed by atoms with Crippen molar-refractivity contribution in [1.82, 2.24) is 15.1 Å². The number of nitrogens with zero attached hydrogens (tertiary/aromatic N) is 3. The number of halogens is 3. The van der Waals surface area contributed by atoms with Gasteiger partial charge in [-0.15, -0.1) is 0 Å². The van der Waals surface area contributed by atoms with E-state index in [0.29, 0.717) is 26.6 Å². The zero-order chi connectivity index (χ0) is 24.6. The normalized spacial score (nSPS) is 29.5. The zero-order valence-electron chi connectivity index (χ0n) is 18.9. The van der Waals surface area contributed by atoms with Crippen molar-refractivity contribution in [3.8, 4) is 0 Å². The van der Waals surface area contributed by atoms with Gasteiger partial charge in [-0.2, -0.15) is 0 Å². The molecule has 4 unspecified atom stereocenters. The van der Waals surface area contributed by atoms with Crippen LogP contribution in [0.15, 0.2) is 76.0 Å². The van der Waals surface area contributed by atoms with Crippen LogP contribution in [-0.2, 0) is 4.79 Å². The van der Waals surface area contributed by atoms with Gasteiger partial charge in [-0.3, -0.25) is 19.6 Å². The molecule has 35 heavy (non-hydrogen) atoms. The van der Waals surface area contributed by atoms with E-state index in [4.69, 9.17) is 39.8 Å². The molecule has 0 radical (unpaired) electrons. The fraction of sp³-hybridized carbons (Fsp3) is 0.269. The fourth-order valence-corrected chi connectivity index (χ4v) is 6.31. The number of benzene rings is 2. The van der Waals surface area contributed by atoms with E-state index in [1.807, 2.05) is 49.4 Å². The molecule has 2 aromatic carbocycles. The van der Waals surface area contributed by atoms with Gasteiger partial charge in [-0.25, -0.2) is 4.79 Å². The highest BCUT2D eigenvalue weighted by Gasteiger charge is 2.61. The lowest BCUT2D eigenvalue weighted by Gasteiger charge is -2.55. The quantitative estimate of drug-likeness (QED) is 0.543. The molecule has 1 saturated heterocycles. The molecule has 0 bridgehead atoms. The Bertz CT molecular complexity index is 1370. The molecule has 3 heterocycles. The van der Waals surface area contributed by atoms with Crippen LogP contribution in [0.1, 0.15) is 31.0 Å². The second-order valence-corrected chi connectivity index (χ2v) is 10.8. The van der Waals surface area contributed by atoms with Gasteiger partial charge in [0.1, 0.15) is 12.4 Å². The molecular formula is C26H21Cl3N4O2. The Labute approximate surface area is 217 Å². The van der Waals surface area contributed by atoms with Gasteiger partial charge in [0.25, 0.3) is 0 Å². The molecule has 0 spiro atoms. The fourth-order valence-electron chi connectivity index (χ4n) is 5.72. The molecule has 4 aliphatic rings. The van der Waals surface area contributed by atoms with Gasteiger partial charge < -0.3 is 5.32 Å². The Morgan fingerprint density at radius 1 is 1.00 bits per heavy atom. The number of amidine groups is 1. The summed E-state index contributed by atoms with van der Waals surface area (Å²) in [6, 6.07) is 13.7. The summed E-state index contributed by atoms with van der Waals surface area (Å²) < 4.78 is 0. The predicted molar refractivity (Wildman–Crippen MR) is 136 cm³/mol. The maximum atomic E-state index is 14.1. The molecule has 1 N–H and O–H groups in total. The molecule has 3 aliphatic heterocycles. The van der Waals surface area contributed by atoms with Crippen LogP contribution < -0.4 is 5.32 Å². The van der Waals surface area contributed by atoms with Gasteiger partial charge in [-0.1, -0.05) is 59.9 Å². The molecule has 4 atom stereocenters. The largest absolute Gasteiger partial charge is 0.330 e. The van der Waals surface area contributed by atoms with E-state index in [0.717, 1.165) is 16.8 Å². The number of aliphatic imine (C=N–C) groups is 1. The number of allylic oxidation sites excluding steroid dienone is 1. The summed E-state index contributed by atoms with van der Waals surface area (Å²) in [4.78, 5) is 35.1. The van der Waals surface area contributed by atoms with Gasteiger partial charge in [0.15, 0.2) is 0 Å². The minimum Gasteiger partial charge on any atom is -0.326 e. The van der Waals surface area contributed by atoms with E-state index in [9.17, 15) is 9.59 Å². The number of carbonyl (C=O) groups is 2. The maximum Gasteiger partial charge on any atom is 0.330 e. The van der Waals surface area contributed by atoms with E-state index in [1.165, 1.54) is 0 Å².